The number of fused-ring (bicyclic) bond motifs is 4. The van der Waals surface area contributed by atoms with E-state index in [4.69, 9.17) is 9.72 Å². The number of benzene rings is 3. The van der Waals surface area contributed by atoms with Crippen LogP contribution < -0.4 is 10.2 Å². The molecule has 1 saturated heterocycles. The number of aromatic nitrogens is 2. The van der Waals surface area contributed by atoms with Gasteiger partial charge in [0.1, 0.15) is 6.04 Å². The van der Waals surface area contributed by atoms with Gasteiger partial charge in [-0.05, 0) is 36.4 Å². The highest BCUT2D eigenvalue weighted by atomic mass is 16.5. The fraction of sp³-hybridized carbons (Fsp3) is 0.269. The van der Waals surface area contributed by atoms with Gasteiger partial charge in [-0.3, -0.25) is 19.1 Å². The highest BCUT2D eigenvalue weighted by Gasteiger charge is 2.42. The van der Waals surface area contributed by atoms with Crippen LogP contribution in [0.5, 0.6) is 0 Å². The predicted octanol–water partition coefficient (Wildman–Crippen LogP) is 4.29. The van der Waals surface area contributed by atoms with E-state index in [9.17, 15) is 9.59 Å². The van der Waals surface area contributed by atoms with Crippen molar-refractivity contribution in [2.45, 2.75) is 31.4 Å². The summed E-state index contributed by atoms with van der Waals surface area (Å²) in [5, 5.41) is 5.05. The molecule has 0 spiro atoms. The van der Waals surface area contributed by atoms with Crippen LogP contribution in [0, 0.1) is 0 Å². The Hall–Kier alpha value is -3.71. The summed E-state index contributed by atoms with van der Waals surface area (Å²) in [6, 6.07) is 20.8. The lowest BCUT2D eigenvalue weighted by atomic mass is 10.1. The Balaban J connectivity index is 1.31. The van der Waals surface area contributed by atoms with Gasteiger partial charge in [-0.25, -0.2) is 4.98 Å². The second-order valence-electron chi connectivity index (χ2n) is 8.65. The Morgan fingerprint density at radius 3 is 2.76 bits per heavy atom. The molecule has 3 aromatic carbocycles. The van der Waals surface area contributed by atoms with Gasteiger partial charge < -0.3 is 10.1 Å². The molecule has 2 unspecified atom stereocenters. The molecule has 1 fully saturated rings. The molecule has 166 valence electrons. The van der Waals surface area contributed by atoms with Crippen molar-refractivity contribution in [1.29, 1.82) is 0 Å². The monoisotopic (exact) mass is 440 g/mol. The van der Waals surface area contributed by atoms with Crippen LogP contribution in [0.4, 0.5) is 11.6 Å². The van der Waals surface area contributed by atoms with E-state index in [0.717, 1.165) is 46.9 Å². The number of ether oxygens (including phenoxy) is 1. The molecule has 0 aliphatic carbocycles. The second kappa shape index (κ2) is 8.01. The van der Waals surface area contributed by atoms with E-state index in [1.807, 2.05) is 71.3 Å². The van der Waals surface area contributed by atoms with Crippen molar-refractivity contribution in [2.24, 2.45) is 0 Å². The predicted molar refractivity (Wildman–Crippen MR) is 127 cm³/mol. The average molecular weight is 441 g/mol. The Morgan fingerprint density at radius 2 is 1.88 bits per heavy atom. The summed E-state index contributed by atoms with van der Waals surface area (Å²) in [4.78, 5) is 33.1. The molecule has 2 aliphatic rings. The topological polar surface area (TPSA) is 76.5 Å². The molecule has 1 N–H and O–H groups in total. The van der Waals surface area contributed by atoms with Gasteiger partial charge in [-0.15, -0.1) is 0 Å². The van der Waals surface area contributed by atoms with Crippen LogP contribution in [-0.4, -0.2) is 40.6 Å². The second-order valence-corrected chi connectivity index (χ2v) is 8.65. The van der Waals surface area contributed by atoms with Crippen LogP contribution in [0.25, 0.3) is 21.8 Å². The maximum Gasteiger partial charge on any atom is 0.253 e. The van der Waals surface area contributed by atoms with Crippen molar-refractivity contribution in [1.82, 2.24) is 9.55 Å². The maximum atomic E-state index is 13.5. The van der Waals surface area contributed by atoms with Crippen molar-refractivity contribution in [3.05, 3.63) is 66.7 Å². The number of carbonyl (C=O) groups is 2. The number of hydrogen-bond donors (Lipinski definition) is 1. The van der Waals surface area contributed by atoms with Crippen LogP contribution >= 0.6 is 0 Å². The van der Waals surface area contributed by atoms with Gasteiger partial charge in [0, 0.05) is 17.7 Å². The number of anilines is 2. The summed E-state index contributed by atoms with van der Waals surface area (Å²) in [6.45, 7) is 1.18. The van der Waals surface area contributed by atoms with E-state index in [0.29, 0.717) is 12.5 Å². The highest BCUT2D eigenvalue weighted by Crippen LogP contribution is 2.37. The number of amides is 2. The number of imidazole rings is 1. The van der Waals surface area contributed by atoms with Crippen LogP contribution in [0.1, 0.15) is 25.3 Å². The zero-order valence-corrected chi connectivity index (χ0v) is 18.1. The van der Waals surface area contributed by atoms with Gasteiger partial charge >= 0.3 is 0 Å². The molecule has 4 aromatic rings. The third kappa shape index (κ3) is 3.45. The first kappa shape index (κ1) is 19.9. The Labute approximate surface area is 191 Å². The summed E-state index contributed by atoms with van der Waals surface area (Å²) < 4.78 is 7.69. The normalized spacial score (nSPS) is 20.0. The van der Waals surface area contributed by atoms with Crippen LogP contribution in [0.2, 0.25) is 0 Å². The number of nitrogens with zero attached hydrogens (tertiary/aromatic N) is 3. The molecule has 7 heteroatoms. The van der Waals surface area contributed by atoms with Crippen molar-refractivity contribution in [3.63, 3.8) is 0 Å². The molecule has 2 atom stereocenters. The Kier molecular flexibility index (Phi) is 4.84. The Morgan fingerprint density at radius 1 is 1.06 bits per heavy atom. The summed E-state index contributed by atoms with van der Waals surface area (Å²) in [6.07, 6.45) is 1.97. The van der Waals surface area contributed by atoms with E-state index in [2.05, 4.69) is 5.32 Å². The standard InChI is InChI=1S/C26H24N4O3/c31-24(27-20-12-5-8-17-7-1-2-10-19(17)20)15-23-25(32)29(16-18-9-6-14-33-18)26-28-21-11-3-4-13-22(21)30(23)26/h1-5,7-8,10-13,18,23H,6,9,14-16H2,(H,27,31). The summed E-state index contributed by atoms with van der Waals surface area (Å²) in [5.41, 5.74) is 2.42. The molecule has 3 heterocycles. The molecular formula is C26H24N4O3. The van der Waals surface area contributed by atoms with Crippen LogP contribution in [0.3, 0.4) is 0 Å². The van der Waals surface area contributed by atoms with Gasteiger partial charge in [-0.2, -0.15) is 0 Å². The van der Waals surface area contributed by atoms with Gasteiger partial charge in [0.25, 0.3) is 5.91 Å². The molecular weight excluding hydrogens is 416 g/mol. The third-order valence-electron chi connectivity index (χ3n) is 6.53. The first-order valence-corrected chi connectivity index (χ1v) is 11.4. The van der Waals surface area contributed by atoms with E-state index in [-0.39, 0.29) is 24.3 Å². The number of hydrogen-bond acceptors (Lipinski definition) is 4. The number of carbonyl (C=O) groups excluding carboxylic acids is 2. The third-order valence-corrected chi connectivity index (χ3v) is 6.53. The number of nitrogens with one attached hydrogen (secondary N) is 1. The first-order valence-electron chi connectivity index (χ1n) is 11.4. The molecule has 0 saturated carbocycles. The van der Waals surface area contributed by atoms with Gasteiger partial charge in [0.15, 0.2) is 0 Å². The molecule has 1 aromatic heterocycles. The summed E-state index contributed by atoms with van der Waals surface area (Å²) >= 11 is 0. The number of para-hydroxylation sites is 2. The molecule has 2 amide bonds. The first-order chi connectivity index (χ1) is 16.2. The molecule has 0 bridgehead atoms. The minimum atomic E-state index is -0.635. The highest BCUT2D eigenvalue weighted by molar-refractivity contribution is 6.07. The van der Waals surface area contributed by atoms with Gasteiger partial charge in [-0.1, -0.05) is 48.5 Å². The fourth-order valence-corrected chi connectivity index (χ4v) is 4.97. The van der Waals surface area contributed by atoms with Crippen molar-refractivity contribution in [2.75, 3.05) is 23.4 Å². The van der Waals surface area contributed by atoms with Crippen LogP contribution in [-0.2, 0) is 14.3 Å². The lowest BCUT2D eigenvalue weighted by molar-refractivity contribution is -0.124. The van der Waals surface area contributed by atoms with Crippen molar-refractivity contribution < 1.29 is 14.3 Å². The van der Waals surface area contributed by atoms with Gasteiger partial charge in [0.2, 0.25) is 11.9 Å². The molecule has 0 radical (unpaired) electrons. The van der Waals surface area contributed by atoms with E-state index in [1.165, 1.54) is 0 Å². The van der Waals surface area contributed by atoms with Crippen molar-refractivity contribution >= 4 is 45.3 Å². The molecule has 6 rings (SSSR count). The molecule has 7 nitrogen and oxygen atoms in total. The SMILES string of the molecule is O=C(CC1C(=O)N(CC2CCCO2)c2nc3ccccc3n21)Nc1cccc2ccccc12. The zero-order valence-electron chi connectivity index (χ0n) is 18.1. The lowest BCUT2D eigenvalue weighted by Gasteiger charge is -2.19. The lowest BCUT2D eigenvalue weighted by Crippen LogP contribution is -2.37. The average Bonchev–Trinajstić information content (AvgIpc) is 3.53. The van der Waals surface area contributed by atoms with E-state index < -0.39 is 6.04 Å². The minimum absolute atomic E-state index is 0.00507. The quantitative estimate of drug-likeness (QED) is 0.502. The van der Waals surface area contributed by atoms with E-state index in [1.54, 1.807) is 4.90 Å². The van der Waals surface area contributed by atoms with Crippen molar-refractivity contribution in [3.8, 4) is 0 Å². The smallest absolute Gasteiger partial charge is 0.253 e. The Bertz CT molecular complexity index is 1370. The fourth-order valence-electron chi connectivity index (χ4n) is 4.97. The molecule has 2 aliphatic heterocycles. The minimum Gasteiger partial charge on any atom is -0.376 e. The summed E-state index contributed by atoms with van der Waals surface area (Å²) in [7, 11) is 0. The van der Waals surface area contributed by atoms with Crippen LogP contribution in [0.15, 0.2) is 66.7 Å². The van der Waals surface area contributed by atoms with Gasteiger partial charge in [0.05, 0.1) is 30.1 Å². The zero-order chi connectivity index (χ0) is 22.4. The number of rotatable bonds is 5. The molecule has 33 heavy (non-hydrogen) atoms. The maximum absolute atomic E-state index is 13.5. The summed E-state index contributed by atoms with van der Waals surface area (Å²) in [5.74, 6) is 0.291. The van der Waals surface area contributed by atoms with E-state index >= 15 is 0 Å². The largest absolute Gasteiger partial charge is 0.376 e.